The number of benzene rings is 2. The van der Waals surface area contributed by atoms with Gasteiger partial charge in [-0.05, 0) is 24.3 Å². The van der Waals surface area contributed by atoms with E-state index >= 15 is 0 Å². The minimum Gasteiger partial charge on any atom is -0.386 e. The number of thiazole rings is 1. The highest BCUT2D eigenvalue weighted by Crippen LogP contribution is 2.28. The second kappa shape index (κ2) is 5.81. The lowest BCUT2D eigenvalue weighted by molar-refractivity contribution is 0.157. The summed E-state index contributed by atoms with van der Waals surface area (Å²) in [5.74, 6) is 0. The Morgan fingerprint density at radius 2 is 1.95 bits per heavy atom. The Labute approximate surface area is 135 Å². The average Bonchev–Trinajstić information content (AvgIpc) is 2.75. The van der Waals surface area contributed by atoms with Crippen molar-refractivity contribution in [2.45, 2.75) is 12.6 Å². The maximum Gasteiger partial charge on any atom is 0.183 e. The van der Waals surface area contributed by atoms with Crippen LogP contribution in [0.5, 0.6) is 0 Å². The van der Waals surface area contributed by atoms with Crippen LogP contribution in [0, 0.1) is 5.41 Å². The molecular formula is C15H12Cl2N2OS. The summed E-state index contributed by atoms with van der Waals surface area (Å²) in [7, 11) is 0. The van der Waals surface area contributed by atoms with Gasteiger partial charge in [0, 0.05) is 15.6 Å². The number of nitrogens with one attached hydrogen (secondary N) is 1. The van der Waals surface area contributed by atoms with Crippen LogP contribution >= 0.6 is 34.5 Å². The molecule has 0 amide bonds. The van der Waals surface area contributed by atoms with Crippen LogP contribution in [0.3, 0.4) is 0 Å². The average molecular weight is 339 g/mol. The van der Waals surface area contributed by atoms with Gasteiger partial charge in [0.05, 0.1) is 22.9 Å². The van der Waals surface area contributed by atoms with Crippen LogP contribution in [0.2, 0.25) is 10.0 Å². The van der Waals surface area contributed by atoms with Gasteiger partial charge in [0.25, 0.3) is 0 Å². The first-order chi connectivity index (χ1) is 10.1. The molecule has 1 aromatic heterocycles. The van der Waals surface area contributed by atoms with Gasteiger partial charge in [0.1, 0.15) is 0 Å². The lowest BCUT2D eigenvalue weighted by atomic mass is 10.1. The number of hydrogen-bond acceptors (Lipinski definition) is 3. The highest BCUT2D eigenvalue weighted by atomic mass is 35.5. The number of fused-ring (bicyclic) bond motifs is 1. The lowest BCUT2D eigenvalue weighted by Gasteiger charge is -2.14. The van der Waals surface area contributed by atoms with Crippen molar-refractivity contribution in [3.05, 3.63) is 62.9 Å². The topological polar surface area (TPSA) is 49.0 Å². The largest absolute Gasteiger partial charge is 0.386 e. The van der Waals surface area contributed by atoms with Crippen LogP contribution in [0.4, 0.5) is 0 Å². The van der Waals surface area contributed by atoms with Crippen molar-refractivity contribution in [1.82, 2.24) is 4.57 Å². The standard InChI is InChI=1S/C15H12Cl2N2OS/c16-9-5-6-10(11(17)7-9)13(20)8-19-12-3-1-2-4-14(12)21-15(19)18/h1-7,13,18,20H,8H2. The molecule has 0 aliphatic carbocycles. The first-order valence-electron chi connectivity index (χ1n) is 6.32. The molecule has 0 saturated heterocycles. The molecule has 1 unspecified atom stereocenters. The molecule has 0 aliphatic heterocycles. The van der Waals surface area contributed by atoms with Crippen LogP contribution in [-0.4, -0.2) is 9.67 Å². The first-order valence-corrected chi connectivity index (χ1v) is 7.89. The van der Waals surface area contributed by atoms with Crippen molar-refractivity contribution in [2.24, 2.45) is 0 Å². The minimum absolute atomic E-state index is 0.282. The van der Waals surface area contributed by atoms with Crippen molar-refractivity contribution in [1.29, 1.82) is 5.41 Å². The van der Waals surface area contributed by atoms with Crippen LogP contribution in [-0.2, 0) is 6.54 Å². The number of aliphatic hydroxyl groups is 1. The molecule has 108 valence electrons. The Balaban J connectivity index is 1.98. The lowest BCUT2D eigenvalue weighted by Crippen LogP contribution is -2.18. The fraction of sp³-hybridized carbons (Fsp3) is 0.133. The summed E-state index contributed by atoms with van der Waals surface area (Å²) >= 11 is 13.4. The maximum atomic E-state index is 10.4. The summed E-state index contributed by atoms with van der Waals surface area (Å²) in [6, 6.07) is 12.8. The van der Waals surface area contributed by atoms with Crippen molar-refractivity contribution in [3.63, 3.8) is 0 Å². The predicted octanol–water partition coefficient (Wildman–Crippen LogP) is 4.22. The van der Waals surface area contributed by atoms with Gasteiger partial charge in [-0.3, -0.25) is 5.41 Å². The van der Waals surface area contributed by atoms with Gasteiger partial charge in [-0.25, -0.2) is 0 Å². The maximum absolute atomic E-state index is 10.4. The van der Waals surface area contributed by atoms with E-state index < -0.39 is 6.10 Å². The van der Waals surface area contributed by atoms with Gasteiger partial charge in [-0.15, -0.1) is 0 Å². The van der Waals surface area contributed by atoms with E-state index in [9.17, 15) is 5.11 Å². The molecule has 2 N–H and O–H groups in total. The minimum atomic E-state index is -0.790. The van der Waals surface area contributed by atoms with Crippen LogP contribution in [0.25, 0.3) is 10.2 Å². The number of aromatic nitrogens is 1. The highest BCUT2D eigenvalue weighted by Gasteiger charge is 2.15. The Hall–Kier alpha value is -1.33. The van der Waals surface area contributed by atoms with Gasteiger partial charge >= 0.3 is 0 Å². The SMILES string of the molecule is N=c1sc2ccccc2n1CC(O)c1ccc(Cl)cc1Cl. The Morgan fingerprint density at radius 1 is 1.19 bits per heavy atom. The second-order valence-electron chi connectivity index (χ2n) is 4.67. The van der Waals surface area contributed by atoms with Gasteiger partial charge in [0.15, 0.2) is 4.80 Å². The molecule has 3 aromatic rings. The van der Waals surface area contributed by atoms with E-state index in [-0.39, 0.29) is 6.54 Å². The molecule has 1 atom stereocenters. The molecule has 2 aromatic carbocycles. The molecule has 6 heteroatoms. The van der Waals surface area contributed by atoms with Gasteiger partial charge in [-0.1, -0.05) is 52.7 Å². The van der Waals surface area contributed by atoms with Crippen molar-refractivity contribution >= 4 is 44.8 Å². The number of para-hydroxylation sites is 1. The zero-order chi connectivity index (χ0) is 15.0. The van der Waals surface area contributed by atoms with Crippen molar-refractivity contribution in [2.75, 3.05) is 0 Å². The summed E-state index contributed by atoms with van der Waals surface area (Å²) in [5.41, 5.74) is 1.56. The van der Waals surface area contributed by atoms with E-state index in [1.165, 1.54) is 11.3 Å². The molecule has 0 radical (unpaired) electrons. The molecule has 0 saturated carbocycles. The van der Waals surface area contributed by atoms with E-state index in [1.807, 2.05) is 24.3 Å². The summed E-state index contributed by atoms with van der Waals surface area (Å²) in [6.07, 6.45) is -0.790. The Morgan fingerprint density at radius 3 is 2.71 bits per heavy atom. The zero-order valence-electron chi connectivity index (χ0n) is 10.9. The van der Waals surface area contributed by atoms with Gasteiger partial charge in [0.2, 0.25) is 0 Å². The molecule has 3 rings (SSSR count). The fourth-order valence-electron chi connectivity index (χ4n) is 2.26. The summed E-state index contributed by atoms with van der Waals surface area (Å²) in [5, 5.41) is 19.4. The number of rotatable bonds is 3. The Kier molecular flexibility index (Phi) is 4.04. The van der Waals surface area contributed by atoms with E-state index in [2.05, 4.69) is 0 Å². The molecule has 0 fully saturated rings. The van der Waals surface area contributed by atoms with Crippen LogP contribution in [0.1, 0.15) is 11.7 Å². The monoisotopic (exact) mass is 338 g/mol. The van der Waals surface area contributed by atoms with E-state index in [4.69, 9.17) is 28.6 Å². The Bertz CT molecular complexity index is 856. The summed E-state index contributed by atoms with van der Waals surface area (Å²) in [6.45, 7) is 0.282. The third-order valence-corrected chi connectivity index (χ3v) is 4.83. The number of hydrogen-bond donors (Lipinski definition) is 2. The van der Waals surface area contributed by atoms with Crippen molar-refractivity contribution < 1.29 is 5.11 Å². The van der Waals surface area contributed by atoms with Crippen molar-refractivity contribution in [3.8, 4) is 0 Å². The van der Waals surface area contributed by atoms with Gasteiger partial charge < -0.3 is 9.67 Å². The predicted molar refractivity (Wildman–Crippen MR) is 87.1 cm³/mol. The third kappa shape index (κ3) is 2.85. The van der Waals surface area contributed by atoms with E-state index in [0.29, 0.717) is 20.4 Å². The first kappa shape index (κ1) is 14.6. The smallest absolute Gasteiger partial charge is 0.183 e. The van der Waals surface area contributed by atoms with E-state index in [1.54, 1.807) is 22.8 Å². The molecular weight excluding hydrogens is 327 g/mol. The second-order valence-corrected chi connectivity index (χ2v) is 6.54. The quantitative estimate of drug-likeness (QED) is 0.737. The normalized spacial score (nSPS) is 12.7. The highest BCUT2D eigenvalue weighted by molar-refractivity contribution is 7.16. The number of aliphatic hydroxyl groups excluding tert-OH is 1. The summed E-state index contributed by atoms with van der Waals surface area (Å²) < 4.78 is 2.81. The summed E-state index contributed by atoms with van der Waals surface area (Å²) in [4.78, 5) is 0.403. The van der Waals surface area contributed by atoms with Gasteiger partial charge in [-0.2, -0.15) is 0 Å². The number of nitrogens with zero attached hydrogens (tertiary/aromatic N) is 1. The molecule has 0 bridgehead atoms. The molecule has 21 heavy (non-hydrogen) atoms. The van der Waals surface area contributed by atoms with Crippen LogP contribution < -0.4 is 4.80 Å². The molecule has 1 heterocycles. The number of halogens is 2. The molecule has 0 aliphatic rings. The van der Waals surface area contributed by atoms with Crippen LogP contribution in [0.15, 0.2) is 42.5 Å². The molecule has 0 spiro atoms. The van der Waals surface area contributed by atoms with E-state index in [0.717, 1.165) is 10.2 Å². The fourth-order valence-corrected chi connectivity index (χ4v) is 3.71. The zero-order valence-corrected chi connectivity index (χ0v) is 13.2. The third-order valence-electron chi connectivity index (χ3n) is 3.28. The molecule has 3 nitrogen and oxygen atoms in total.